The third-order valence-corrected chi connectivity index (χ3v) is 12.0. The van der Waals surface area contributed by atoms with Crippen molar-refractivity contribution in [2.75, 3.05) is 0 Å². The van der Waals surface area contributed by atoms with E-state index in [0.717, 1.165) is 12.8 Å². The summed E-state index contributed by atoms with van der Waals surface area (Å²) in [7, 11) is 0. The molecule has 3 aromatic heterocycles. The van der Waals surface area contributed by atoms with Crippen molar-refractivity contribution in [3.63, 3.8) is 0 Å². The number of aromatic nitrogens is 2. The van der Waals surface area contributed by atoms with Gasteiger partial charge in [-0.25, -0.2) is 0 Å². The molecule has 0 amide bonds. The van der Waals surface area contributed by atoms with E-state index in [4.69, 9.17) is 0 Å². The largest absolute Gasteiger partial charge is 0.313 e. The Morgan fingerprint density at radius 1 is 0.412 bits per heavy atom. The molecule has 0 bridgehead atoms. The van der Waals surface area contributed by atoms with Crippen LogP contribution in [0.3, 0.4) is 0 Å². The van der Waals surface area contributed by atoms with Crippen LogP contribution in [0.15, 0.2) is 164 Å². The van der Waals surface area contributed by atoms with Crippen LogP contribution in [0.1, 0.15) is 17.7 Å². The predicted octanol–water partition coefficient (Wildman–Crippen LogP) is 13.4. The van der Waals surface area contributed by atoms with E-state index in [1.807, 2.05) is 11.3 Å². The molecule has 0 radical (unpaired) electrons. The minimum atomic E-state index is 1.04. The summed E-state index contributed by atoms with van der Waals surface area (Å²) < 4.78 is 7.62. The minimum absolute atomic E-state index is 1.04. The summed E-state index contributed by atoms with van der Waals surface area (Å²) in [6, 6.07) is 58.3. The maximum absolute atomic E-state index is 2.53. The van der Waals surface area contributed by atoms with Gasteiger partial charge in [-0.2, -0.15) is 0 Å². The topological polar surface area (TPSA) is 9.86 Å². The second-order valence-electron chi connectivity index (χ2n) is 13.6. The number of rotatable bonds is 4. The van der Waals surface area contributed by atoms with Gasteiger partial charge in [0.05, 0.1) is 16.6 Å². The molecular formula is C48H32N2S. The normalized spacial score (nSPS) is 12.9. The third-order valence-electron chi connectivity index (χ3n) is 10.8. The zero-order valence-corrected chi connectivity index (χ0v) is 28.7. The van der Waals surface area contributed by atoms with Crippen LogP contribution in [0.25, 0.3) is 92.6 Å². The lowest BCUT2D eigenvalue weighted by molar-refractivity contribution is 0.889. The minimum Gasteiger partial charge on any atom is -0.313 e. The second kappa shape index (κ2) is 11.2. The van der Waals surface area contributed by atoms with Crippen LogP contribution in [0.5, 0.6) is 0 Å². The number of thiophene rings is 1. The summed E-state index contributed by atoms with van der Waals surface area (Å²) in [5.41, 5.74) is 13.8. The predicted molar refractivity (Wildman–Crippen MR) is 219 cm³/mol. The van der Waals surface area contributed by atoms with E-state index in [-0.39, 0.29) is 0 Å². The van der Waals surface area contributed by atoms with Gasteiger partial charge in [-0.15, -0.1) is 11.3 Å². The summed E-state index contributed by atoms with van der Waals surface area (Å²) >= 11 is 1.88. The summed E-state index contributed by atoms with van der Waals surface area (Å²) in [5, 5.41) is 6.52. The Morgan fingerprint density at radius 2 is 1.10 bits per heavy atom. The van der Waals surface area contributed by atoms with Crippen LogP contribution in [0.2, 0.25) is 0 Å². The van der Waals surface area contributed by atoms with E-state index in [1.54, 1.807) is 0 Å². The first-order chi connectivity index (χ1) is 25.3. The molecule has 0 atom stereocenters. The van der Waals surface area contributed by atoms with Crippen molar-refractivity contribution in [2.24, 2.45) is 0 Å². The molecule has 51 heavy (non-hydrogen) atoms. The Morgan fingerprint density at radius 3 is 2.00 bits per heavy atom. The van der Waals surface area contributed by atoms with Gasteiger partial charge < -0.3 is 9.13 Å². The molecule has 0 saturated heterocycles. The number of para-hydroxylation sites is 1. The molecule has 1 aliphatic rings. The first kappa shape index (κ1) is 28.7. The van der Waals surface area contributed by atoms with Crippen LogP contribution >= 0.6 is 11.3 Å². The molecule has 1 aliphatic carbocycles. The number of hydrogen-bond donors (Lipinski definition) is 0. The Labute approximate surface area is 299 Å². The van der Waals surface area contributed by atoms with Gasteiger partial charge in [0.1, 0.15) is 0 Å². The zero-order chi connectivity index (χ0) is 33.5. The van der Waals surface area contributed by atoms with Crippen molar-refractivity contribution < 1.29 is 0 Å². The van der Waals surface area contributed by atoms with Crippen LogP contribution in [-0.4, -0.2) is 9.13 Å². The summed E-state index contributed by atoms with van der Waals surface area (Å²) in [4.78, 5) is 0. The van der Waals surface area contributed by atoms with E-state index in [1.165, 1.54) is 97.8 Å². The van der Waals surface area contributed by atoms with Gasteiger partial charge >= 0.3 is 0 Å². The van der Waals surface area contributed by atoms with E-state index in [9.17, 15) is 0 Å². The van der Waals surface area contributed by atoms with Gasteiger partial charge in [0, 0.05) is 59.0 Å². The smallest absolute Gasteiger partial charge is 0.0543 e. The Kier molecular flexibility index (Phi) is 6.28. The van der Waals surface area contributed by atoms with Gasteiger partial charge in [-0.05, 0) is 95.8 Å². The molecule has 0 aliphatic heterocycles. The van der Waals surface area contributed by atoms with Crippen LogP contribution in [-0.2, 0) is 6.42 Å². The first-order valence-corrected chi connectivity index (χ1v) is 18.6. The fraction of sp³-hybridized carbons (Fsp3) is 0.0417. The summed E-state index contributed by atoms with van der Waals surface area (Å²) in [6.45, 7) is 0. The van der Waals surface area contributed by atoms with Crippen molar-refractivity contribution in [3.05, 3.63) is 175 Å². The summed E-state index contributed by atoms with van der Waals surface area (Å²) in [5.74, 6) is 0. The Balaban J connectivity index is 1.07. The highest BCUT2D eigenvalue weighted by molar-refractivity contribution is 7.25. The van der Waals surface area contributed by atoms with Crippen LogP contribution in [0, 0.1) is 0 Å². The molecule has 10 aromatic rings. The number of hydrogen-bond acceptors (Lipinski definition) is 1. The van der Waals surface area contributed by atoms with E-state index < -0.39 is 0 Å². The number of allylic oxidation sites excluding steroid dienone is 1. The van der Waals surface area contributed by atoms with Crippen molar-refractivity contribution in [1.82, 2.24) is 9.13 Å². The van der Waals surface area contributed by atoms with E-state index in [0.29, 0.717) is 0 Å². The second-order valence-corrected chi connectivity index (χ2v) is 14.7. The number of nitrogens with zero attached hydrogens (tertiary/aromatic N) is 2. The number of fused-ring (bicyclic) bond motifs is 9. The van der Waals surface area contributed by atoms with Gasteiger partial charge in [0.2, 0.25) is 0 Å². The molecule has 7 aromatic carbocycles. The average Bonchev–Trinajstić information content (AvgIpc) is 3.85. The molecule has 0 saturated carbocycles. The van der Waals surface area contributed by atoms with Crippen LogP contribution in [0.4, 0.5) is 0 Å². The van der Waals surface area contributed by atoms with Crippen molar-refractivity contribution in [3.8, 4) is 33.6 Å². The lowest BCUT2D eigenvalue weighted by Gasteiger charge is -2.14. The van der Waals surface area contributed by atoms with Gasteiger partial charge in [-0.3, -0.25) is 0 Å². The molecule has 0 fully saturated rings. The highest BCUT2D eigenvalue weighted by Crippen LogP contribution is 2.41. The van der Waals surface area contributed by atoms with Gasteiger partial charge in [0.25, 0.3) is 0 Å². The molecule has 0 spiro atoms. The standard InChI is InChI=1S/C48H32N2S/c1-2-10-31(11-3-1)32-18-22-35(23-19-32)49-44-16-8-5-13-38(44)41-28-33(21-26-45(41)49)34-20-25-39-37-12-4-7-15-43(37)50(46(39)29-34)36-24-27-48-42(30-36)40-14-6-9-17-47(40)51-48/h1-6,8-14,16-30H,7,15H2. The SMILES string of the molecule is C1=Cc2c(n(-c3ccc4sc5ccccc5c4c3)c3cc(-c4ccc5c(c4)c4ccccc4n5-c4ccc(-c5ccccc5)cc4)ccc23)CC1. The first-order valence-electron chi connectivity index (χ1n) is 17.7. The quantitative estimate of drug-likeness (QED) is 0.177. The summed E-state index contributed by atoms with van der Waals surface area (Å²) in [6.07, 6.45) is 6.77. The molecule has 0 unspecified atom stereocenters. The van der Waals surface area contributed by atoms with E-state index in [2.05, 4.69) is 179 Å². The van der Waals surface area contributed by atoms with Crippen molar-refractivity contribution >= 4 is 70.3 Å². The Bertz CT molecular complexity index is 3010. The maximum Gasteiger partial charge on any atom is 0.0543 e. The third kappa shape index (κ3) is 4.42. The molecule has 3 heteroatoms. The van der Waals surface area contributed by atoms with Crippen LogP contribution < -0.4 is 0 Å². The molecular weight excluding hydrogens is 637 g/mol. The number of benzene rings is 7. The molecule has 240 valence electrons. The molecule has 2 nitrogen and oxygen atoms in total. The Hall–Kier alpha value is -6.16. The lowest BCUT2D eigenvalue weighted by Crippen LogP contribution is -2.02. The average molecular weight is 669 g/mol. The fourth-order valence-electron chi connectivity index (χ4n) is 8.41. The van der Waals surface area contributed by atoms with Crippen molar-refractivity contribution in [2.45, 2.75) is 12.8 Å². The maximum atomic E-state index is 2.53. The highest BCUT2D eigenvalue weighted by Gasteiger charge is 2.21. The van der Waals surface area contributed by atoms with E-state index >= 15 is 0 Å². The zero-order valence-electron chi connectivity index (χ0n) is 27.9. The molecule has 3 heterocycles. The molecule has 0 N–H and O–H groups in total. The fourth-order valence-corrected chi connectivity index (χ4v) is 9.50. The lowest BCUT2D eigenvalue weighted by atomic mass is 9.99. The van der Waals surface area contributed by atoms with Gasteiger partial charge in [0.15, 0.2) is 0 Å². The monoisotopic (exact) mass is 668 g/mol. The highest BCUT2D eigenvalue weighted by atomic mass is 32.1. The van der Waals surface area contributed by atoms with Crippen molar-refractivity contribution in [1.29, 1.82) is 0 Å². The van der Waals surface area contributed by atoms with Gasteiger partial charge in [-0.1, -0.05) is 109 Å². The molecule has 11 rings (SSSR count).